The third-order valence-corrected chi connectivity index (χ3v) is 3.54. The fraction of sp³-hybridized carbons (Fsp3) is 0.462. The van der Waals surface area contributed by atoms with E-state index < -0.39 is 0 Å². The van der Waals surface area contributed by atoms with Crippen molar-refractivity contribution in [3.05, 3.63) is 34.6 Å². The van der Waals surface area contributed by atoms with Gasteiger partial charge in [-0.25, -0.2) is 4.39 Å². The van der Waals surface area contributed by atoms with Crippen LogP contribution in [0.15, 0.2) is 18.2 Å². The number of piperazine rings is 1. The average molecular weight is 268 g/mol. The van der Waals surface area contributed by atoms with Gasteiger partial charge in [-0.1, -0.05) is 17.7 Å². The van der Waals surface area contributed by atoms with Crippen molar-refractivity contribution in [1.29, 1.82) is 5.26 Å². The van der Waals surface area contributed by atoms with Gasteiger partial charge in [0.1, 0.15) is 5.82 Å². The number of nitrogens with one attached hydrogen (secondary N) is 1. The smallest absolute Gasteiger partial charge is 0.129 e. The van der Waals surface area contributed by atoms with Crippen LogP contribution in [-0.4, -0.2) is 31.1 Å². The second-order valence-corrected chi connectivity index (χ2v) is 4.71. The molecule has 96 valence electrons. The maximum atomic E-state index is 13.9. The molecule has 0 aromatic heterocycles. The molecule has 1 aromatic carbocycles. The predicted octanol–water partition coefficient (Wildman–Crippen LogP) is 2.34. The Morgan fingerprint density at radius 2 is 2.17 bits per heavy atom. The van der Waals surface area contributed by atoms with E-state index in [-0.39, 0.29) is 18.3 Å². The van der Waals surface area contributed by atoms with E-state index in [1.54, 1.807) is 12.1 Å². The summed E-state index contributed by atoms with van der Waals surface area (Å²) in [4.78, 5) is 2.12. The largest absolute Gasteiger partial charge is 0.314 e. The Hall–Kier alpha value is -1.15. The maximum absolute atomic E-state index is 13.9. The highest BCUT2D eigenvalue weighted by atomic mass is 35.5. The molecule has 3 nitrogen and oxygen atoms in total. The predicted molar refractivity (Wildman–Crippen MR) is 68.8 cm³/mol. The molecule has 0 radical (unpaired) electrons. The first-order chi connectivity index (χ1) is 8.74. The number of rotatable bonds is 3. The minimum atomic E-state index is -0.332. The number of nitrogens with zero attached hydrogens (tertiary/aromatic N) is 2. The molecule has 1 saturated heterocycles. The van der Waals surface area contributed by atoms with Crippen LogP contribution in [0.4, 0.5) is 4.39 Å². The van der Waals surface area contributed by atoms with Gasteiger partial charge in [-0.2, -0.15) is 5.26 Å². The number of hydrogen-bond acceptors (Lipinski definition) is 3. The SMILES string of the molecule is N#CC[C@@H](c1c(F)cccc1Cl)N1CCNCC1. The fourth-order valence-corrected chi connectivity index (χ4v) is 2.61. The summed E-state index contributed by atoms with van der Waals surface area (Å²) in [7, 11) is 0. The van der Waals surface area contributed by atoms with Gasteiger partial charge in [0.15, 0.2) is 0 Å². The Morgan fingerprint density at radius 3 is 2.78 bits per heavy atom. The Labute approximate surface area is 111 Å². The lowest BCUT2D eigenvalue weighted by molar-refractivity contribution is 0.172. The summed E-state index contributed by atoms with van der Waals surface area (Å²) in [6, 6.07) is 6.53. The van der Waals surface area contributed by atoms with Crippen LogP contribution in [0.25, 0.3) is 0 Å². The minimum absolute atomic E-state index is 0.251. The fourth-order valence-electron chi connectivity index (χ4n) is 2.32. The van der Waals surface area contributed by atoms with E-state index in [4.69, 9.17) is 16.9 Å². The van der Waals surface area contributed by atoms with Crippen molar-refractivity contribution in [3.63, 3.8) is 0 Å². The molecular formula is C13H15ClFN3. The van der Waals surface area contributed by atoms with Gasteiger partial charge in [0, 0.05) is 36.8 Å². The van der Waals surface area contributed by atoms with Crippen molar-refractivity contribution in [1.82, 2.24) is 10.2 Å². The molecule has 0 saturated carbocycles. The molecule has 1 fully saturated rings. The van der Waals surface area contributed by atoms with E-state index in [0.717, 1.165) is 26.2 Å². The average Bonchev–Trinajstić information content (AvgIpc) is 2.38. The molecule has 1 atom stereocenters. The van der Waals surface area contributed by atoms with Crippen molar-refractivity contribution in [3.8, 4) is 6.07 Å². The van der Waals surface area contributed by atoms with Gasteiger partial charge in [0.05, 0.1) is 18.5 Å². The van der Waals surface area contributed by atoms with Crippen LogP contribution >= 0.6 is 11.6 Å². The topological polar surface area (TPSA) is 39.1 Å². The third kappa shape index (κ3) is 2.81. The van der Waals surface area contributed by atoms with Gasteiger partial charge >= 0.3 is 0 Å². The number of benzene rings is 1. The van der Waals surface area contributed by atoms with E-state index in [1.807, 2.05) is 0 Å². The molecule has 1 aliphatic rings. The molecule has 1 aromatic rings. The zero-order valence-electron chi connectivity index (χ0n) is 10.00. The summed E-state index contributed by atoms with van der Waals surface area (Å²) < 4.78 is 13.9. The first-order valence-corrected chi connectivity index (χ1v) is 6.37. The van der Waals surface area contributed by atoms with Crippen LogP contribution in [-0.2, 0) is 0 Å². The van der Waals surface area contributed by atoms with Crippen LogP contribution in [0.5, 0.6) is 0 Å². The Balaban J connectivity index is 2.31. The van der Waals surface area contributed by atoms with Crippen molar-refractivity contribution >= 4 is 11.6 Å². The normalized spacial score (nSPS) is 18.3. The zero-order valence-corrected chi connectivity index (χ0v) is 10.8. The highest BCUT2D eigenvalue weighted by molar-refractivity contribution is 6.31. The highest BCUT2D eigenvalue weighted by Crippen LogP contribution is 2.32. The molecule has 0 bridgehead atoms. The zero-order chi connectivity index (χ0) is 13.0. The first-order valence-electron chi connectivity index (χ1n) is 5.99. The Morgan fingerprint density at radius 1 is 1.44 bits per heavy atom. The lowest BCUT2D eigenvalue weighted by Gasteiger charge is -2.34. The van der Waals surface area contributed by atoms with E-state index in [2.05, 4.69) is 16.3 Å². The van der Waals surface area contributed by atoms with Gasteiger partial charge in [-0.3, -0.25) is 4.90 Å². The lowest BCUT2D eigenvalue weighted by atomic mass is 10.0. The van der Waals surface area contributed by atoms with Crippen molar-refractivity contribution in [2.45, 2.75) is 12.5 Å². The van der Waals surface area contributed by atoms with Crippen LogP contribution in [0.3, 0.4) is 0 Å². The molecular weight excluding hydrogens is 253 g/mol. The second-order valence-electron chi connectivity index (χ2n) is 4.30. The standard InChI is InChI=1S/C13H15ClFN3/c14-10-2-1-3-11(15)13(10)12(4-5-16)18-8-6-17-7-9-18/h1-3,12,17H,4,6-9H2/t12-/m0/s1. The van der Waals surface area contributed by atoms with Gasteiger partial charge in [-0.05, 0) is 12.1 Å². The van der Waals surface area contributed by atoms with E-state index >= 15 is 0 Å². The molecule has 0 unspecified atom stereocenters. The highest BCUT2D eigenvalue weighted by Gasteiger charge is 2.26. The molecule has 1 N–H and O–H groups in total. The molecule has 5 heteroatoms. The monoisotopic (exact) mass is 267 g/mol. The first kappa shape index (κ1) is 13.3. The van der Waals surface area contributed by atoms with Crippen molar-refractivity contribution in [2.75, 3.05) is 26.2 Å². The lowest BCUT2D eigenvalue weighted by Crippen LogP contribution is -2.45. The van der Waals surface area contributed by atoms with Gasteiger partial charge in [-0.15, -0.1) is 0 Å². The van der Waals surface area contributed by atoms with Crippen LogP contribution < -0.4 is 5.32 Å². The number of halogens is 2. The van der Waals surface area contributed by atoms with E-state index in [0.29, 0.717) is 10.6 Å². The Kier molecular flexibility index (Phi) is 4.54. The van der Waals surface area contributed by atoms with E-state index in [9.17, 15) is 4.39 Å². The third-order valence-electron chi connectivity index (χ3n) is 3.21. The van der Waals surface area contributed by atoms with E-state index in [1.165, 1.54) is 6.07 Å². The van der Waals surface area contributed by atoms with Crippen molar-refractivity contribution < 1.29 is 4.39 Å². The minimum Gasteiger partial charge on any atom is -0.314 e. The molecule has 18 heavy (non-hydrogen) atoms. The summed E-state index contributed by atoms with van der Waals surface area (Å²) in [6.45, 7) is 3.32. The Bertz CT molecular complexity index is 432. The molecule has 1 heterocycles. The molecule has 1 aliphatic heterocycles. The summed E-state index contributed by atoms with van der Waals surface area (Å²) in [5.74, 6) is -0.332. The number of hydrogen-bond donors (Lipinski definition) is 1. The van der Waals surface area contributed by atoms with Gasteiger partial charge < -0.3 is 5.32 Å². The molecule has 0 amide bonds. The van der Waals surface area contributed by atoms with Crippen LogP contribution in [0.2, 0.25) is 5.02 Å². The summed E-state index contributed by atoms with van der Waals surface area (Å²) in [5.41, 5.74) is 0.447. The van der Waals surface area contributed by atoms with Gasteiger partial charge in [0.2, 0.25) is 0 Å². The summed E-state index contributed by atoms with van der Waals surface area (Å²) in [5, 5.41) is 12.6. The van der Waals surface area contributed by atoms with Gasteiger partial charge in [0.25, 0.3) is 0 Å². The molecule has 0 spiro atoms. The van der Waals surface area contributed by atoms with Crippen molar-refractivity contribution in [2.24, 2.45) is 0 Å². The summed E-state index contributed by atoms with van der Waals surface area (Å²) in [6.07, 6.45) is 0.251. The molecule has 0 aliphatic carbocycles. The van der Waals surface area contributed by atoms with Crippen LogP contribution in [0.1, 0.15) is 18.0 Å². The quantitative estimate of drug-likeness (QED) is 0.914. The second kappa shape index (κ2) is 6.14. The van der Waals surface area contributed by atoms with Crippen LogP contribution in [0, 0.1) is 17.1 Å². The number of nitriles is 1. The maximum Gasteiger partial charge on any atom is 0.129 e. The summed E-state index contributed by atoms with van der Waals surface area (Å²) >= 11 is 6.09. The molecule has 2 rings (SSSR count).